The van der Waals surface area contributed by atoms with Crippen molar-refractivity contribution in [1.82, 2.24) is 14.8 Å². The third-order valence-corrected chi connectivity index (χ3v) is 4.43. The Morgan fingerprint density at radius 2 is 2.08 bits per heavy atom. The van der Waals surface area contributed by atoms with Crippen LogP contribution in [-0.2, 0) is 4.79 Å². The first-order chi connectivity index (χ1) is 12.5. The highest BCUT2D eigenvalue weighted by molar-refractivity contribution is 7.97. The van der Waals surface area contributed by atoms with Crippen LogP contribution in [0.3, 0.4) is 0 Å². The Kier molecular flexibility index (Phi) is 5.36. The van der Waals surface area contributed by atoms with Crippen molar-refractivity contribution in [2.75, 3.05) is 19.4 Å². The Hall–Kier alpha value is -2.68. The monoisotopic (exact) mass is 377 g/mol. The number of amides is 2. The van der Waals surface area contributed by atoms with Crippen LogP contribution in [0.5, 0.6) is 5.75 Å². The molecule has 0 unspecified atom stereocenters. The molecule has 0 bridgehead atoms. The fourth-order valence-corrected chi connectivity index (χ4v) is 2.79. The maximum Gasteiger partial charge on any atom is 0.300 e. The molecule has 0 radical (unpaired) electrons. The molecule has 1 aromatic heterocycles. The van der Waals surface area contributed by atoms with E-state index in [2.05, 4.69) is 10.0 Å². The number of carbonyl (C=O) groups excluding carboxylic acids is 2. The van der Waals surface area contributed by atoms with Crippen LogP contribution in [0.1, 0.15) is 23.2 Å². The van der Waals surface area contributed by atoms with Crippen molar-refractivity contribution in [2.24, 2.45) is 5.92 Å². The van der Waals surface area contributed by atoms with Crippen molar-refractivity contribution >= 4 is 34.7 Å². The Balaban J connectivity index is 1.96. The fourth-order valence-electron chi connectivity index (χ4n) is 2.49. The highest BCUT2D eigenvalue weighted by Crippen LogP contribution is 2.29. The fraction of sp³-hybridized carbons (Fsp3) is 0.353. The molecular formula is C17H19N3O5S. The number of fused-ring (bicyclic) bond motifs is 1. The SMILES string of the molecule is CSNC(=O)CNC(=O)c1c(O)c2ccccc2n(OCC2CC2)c1=O. The maximum absolute atomic E-state index is 12.8. The maximum atomic E-state index is 12.8. The molecule has 1 aliphatic carbocycles. The highest BCUT2D eigenvalue weighted by Gasteiger charge is 2.26. The van der Waals surface area contributed by atoms with E-state index in [9.17, 15) is 19.5 Å². The van der Waals surface area contributed by atoms with Gasteiger partial charge in [-0.1, -0.05) is 24.1 Å². The van der Waals surface area contributed by atoms with Crippen molar-refractivity contribution in [3.8, 4) is 5.75 Å². The molecule has 0 spiro atoms. The third-order valence-electron chi connectivity index (χ3n) is 4.00. The summed E-state index contributed by atoms with van der Waals surface area (Å²) in [6.45, 7) is 0.0557. The molecule has 2 amide bonds. The molecule has 3 N–H and O–H groups in total. The molecule has 1 aliphatic rings. The molecule has 26 heavy (non-hydrogen) atoms. The van der Waals surface area contributed by atoms with Gasteiger partial charge in [-0.15, -0.1) is 4.73 Å². The Morgan fingerprint density at radius 1 is 1.35 bits per heavy atom. The van der Waals surface area contributed by atoms with E-state index in [1.54, 1.807) is 30.5 Å². The Morgan fingerprint density at radius 3 is 2.77 bits per heavy atom. The van der Waals surface area contributed by atoms with Gasteiger partial charge in [0.2, 0.25) is 5.91 Å². The minimum absolute atomic E-state index is 0.311. The van der Waals surface area contributed by atoms with E-state index in [1.165, 1.54) is 0 Å². The number of carbonyl (C=O) groups is 2. The summed E-state index contributed by atoms with van der Waals surface area (Å²) in [5.74, 6) is -1.28. The number of nitrogens with zero attached hydrogens (tertiary/aromatic N) is 1. The second kappa shape index (κ2) is 7.69. The largest absolute Gasteiger partial charge is 0.506 e. The van der Waals surface area contributed by atoms with E-state index < -0.39 is 28.7 Å². The molecule has 8 nitrogen and oxygen atoms in total. The summed E-state index contributed by atoms with van der Waals surface area (Å²) in [7, 11) is 0. The molecule has 0 saturated heterocycles. The minimum atomic E-state index is -0.835. The van der Waals surface area contributed by atoms with Gasteiger partial charge >= 0.3 is 0 Å². The lowest BCUT2D eigenvalue weighted by molar-refractivity contribution is -0.118. The zero-order valence-corrected chi connectivity index (χ0v) is 15.0. The molecule has 138 valence electrons. The quantitative estimate of drug-likeness (QED) is 0.612. The van der Waals surface area contributed by atoms with Gasteiger partial charge in [0.25, 0.3) is 11.5 Å². The van der Waals surface area contributed by atoms with Crippen LogP contribution in [-0.4, -0.2) is 41.1 Å². The van der Waals surface area contributed by atoms with Gasteiger partial charge < -0.3 is 15.3 Å². The first-order valence-corrected chi connectivity index (χ1v) is 9.35. The summed E-state index contributed by atoms with van der Waals surface area (Å²) in [6, 6.07) is 6.63. The van der Waals surface area contributed by atoms with Gasteiger partial charge in [0.15, 0.2) is 0 Å². The van der Waals surface area contributed by atoms with Crippen molar-refractivity contribution in [3.63, 3.8) is 0 Å². The molecule has 2 aromatic rings. The summed E-state index contributed by atoms with van der Waals surface area (Å²) in [4.78, 5) is 42.3. The molecule has 9 heteroatoms. The second-order valence-electron chi connectivity index (χ2n) is 5.99. The van der Waals surface area contributed by atoms with Gasteiger partial charge in [-0.2, -0.15) is 0 Å². The van der Waals surface area contributed by atoms with Crippen LogP contribution < -0.4 is 20.4 Å². The number of aromatic nitrogens is 1. The number of hydrogen-bond acceptors (Lipinski definition) is 6. The predicted octanol–water partition coefficient (Wildman–Crippen LogP) is 0.670. The molecular weight excluding hydrogens is 358 g/mol. The van der Waals surface area contributed by atoms with Gasteiger partial charge in [0.05, 0.1) is 12.1 Å². The predicted molar refractivity (Wildman–Crippen MR) is 98.0 cm³/mol. The lowest BCUT2D eigenvalue weighted by Gasteiger charge is -2.15. The first-order valence-electron chi connectivity index (χ1n) is 8.13. The van der Waals surface area contributed by atoms with Gasteiger partial charge in [-0.25, -0.2) is 0 Å². The Bertz CT molecular complexity index is 907. The van der Waals surface area contributed by atoms with Crippen LogP contribution in [0.2, 0.25) is 0 Å². The molecule has 1 aromatic carbocycles. The van der Waals surface area contributed by atoms with Gasteiger partial charge in [-0.05, 0) is 30.9 Å². The van der Waals surface area contributed by atoms with E-state index >= 15 is 0 Å². The molecule has 1 saturated carbocycles. The average Bonchev–Trinajstić information content (AvgIpc) is 3.44. The van der Waals surface area contributed by atoms with E-state index in [4.69, 9.17) is 4.84 Å². The molecule has 0 atom stereocenters. The van der Waals surface area contributed by atoms with Gasteiger partial charge in [-0.3, -0.25) is 19.1 Å². The van der Waals surface area contributed by atoms with Crippen LogP contribution in [0, 0.1) is 5.92 Å². The number of pyridine rings is 1. The van der Waals surface area contributed by atoms with Crippen LogP contribution in [0.15, 0.2) is 29.1 Å². The van der Waals surface area contributed by atoms with Crippen molar-refractivity contribution in [3.05, 3.63) is 40.2 Å². The number of nitrogens with one attached hydrogen (secondary N) is 2. The van der Waals surface area contributed by atoms with Gasteiger partial charge in [0.1, 0.15) is 17.9 Å². The zero-order valence-electron chi connectivity index (χ0n) is 14.2. The summed E-state index contributed by atoms with van der Waals surface area (Å²) >= 11 is 1.10. The first kappa shape index (κ1) is 18.1. The molecule has 3 rings (SSSR count). The summed E-state index contributed by atoms with van der Waals surface area (Å²) < 4.78 is 3.50. The second-order valence-corrected chi connectivity index (χ2v) is 6.60. The summed E-state index contributed by atoms with van der Waals surface area (Å²) in [6.07, 6.45) is 3.76. The number of benzene rings is 1. The van der Waals surface area contributed by atoms with Crippen molar-refractivity contribution in [1.29, 1.82) is 0 Å². The number of hydrogen-bond donors (Lipinski definition) is 3. The van der Waals surface area contributed by atoms with Crippen LogP contribution >= 0.6 is 11.9 Å². The van der Waals surface area contributed by atoms with Crippen molar-refractivity contribution < 1.29 is 19.5 Å². The normalized spacial score (nSPS) is 13.4. The molecule has 1 heterocycles. The molecule has 1 fully saturated rings. The van der Waals surface area contributed by atoms with E-state index in [1.807, 2.05) is 0 Å². The van der Waals surface area contributed by atoms with Crippen LogP contribution in [0.25, 0.3) is 10.9 Å². The van der Waals surface area contributed by atoms with E-state index in [0.717, 1.165) is 29.5 Å². The van der Waals surface area contributed by atoms with Gasteiger partial charge in [0, 0.05) is 11.6 Å². The topological polar surface area (TPSA) is 110 Å². The third kappa shape index (κ3) is 3.77. The Labute approximate surface area is 153 Å². The average molecular weight is 377 g/mol. The zero-order chi connectivity index (χ0) is 18.7. The lowest BCUT2D eigenvalue weighted by atomic mass is 10.1. The number of rotatable bonds is 7. The highest BCUT2D eigenvalue weighted by atomic mass is 32.2. The molecule has 0 aliphatic heterocycles. The lowest BCUT2D eigenvalue weighted by Crippen LogP contribution is -2.39. The number of aromatic hydroxyl groups is 1. The summed E-state index contributed by atoms with van der Waals surface area (Å²) in [5.41, 5.74) is -0.826. The smallest absolute Gasteiger partial charge is 0.300 e. The van der Waals surface area contributed by atoms with E-state index in [0.29, 0.717) is 23.4 Å². The number of para-hydroxylation sites is 1. The summed E-state index contributed by atoms with van der Waals surface area (Å²) in [5, 5.41) is 13.1. The van der Waals surface area contributed by atoms with Crippen LogP contribution in [0.4, 0.5) is 0 Å². The van der Waals surface area contributed by atoms with E-state index in [-0.39, 0.29) is 6.54 Å². The standard InChI is InChI=1S/C17H19N3O5S/c1-26-19-13(21)8-18-16(23)14-15(22)11-4-2-3-5-12(11)20(17(14)24)25-9-10-6-7-10/h2-5,10,22H,6-9H2,1H3,(H,18,23)(H,19,21). The minimum Gasteiger partial charge on any atom is -0.506 e. The van der Waals surface area contributed by atoms with Crippen molar-refractivity contribution in [2.45, 2.75) is 12.8 Å².